The molecule has 0 unspecified atom stereocenters. The highest BCUT2D eigenvalue weighted by atomic mass is 35.5. The maximum atomic E-state index is 12.6. The normalized spacial score (nSPS) is 12.7. The Hall–Kier alpha value is -0.830. The second kappa shape index (κ2) is 6.75. The van der Waals surface area contributed by atoms with Crippen LogP contribution in [0, 0.1) is 0 Å². The minimum Gasteiger partial charge on any atom is -0.385 e. The number of rotatable bonds is 6. The van der Waals surface area contributed by atoms with E-state index in [1.54, 1.807) is 0 Å². The van der Waals surface area contributed by atoms with Gasteiger partial charge >= 0.3 is 6.18 Å². The molecule has 9 heteroatoms. The van der Waals surface area contributed by atoms with E-state index in [4.69, 9.17) is 16.3 Å². The third-order valence-corrected chi connectivity index (χ3v) is 4.31. The molecule has 1 rings (SSSR count). The van der Waals surface area contributed by atoms with Gasteiger partial charge in [-0.2, -0.15) is 13.2 Å². The largest absolute Gasteiger partial charge is 0.416 e. The van der Waals surface area contributed by atoms with Crippen molar-refractivity contribution in [3.63, 3.8) is 0 Å². The average molecular weight is 332 g/mol. The number of halogens is 4. The highest BCUT2D eigenvalue weighted by Gasteiger charge is 2.32. The van der Waals surface area contributed by atoms with Gasteiger partial charge in [0.15, 0.2) is 0 Å². The highest BCUT2D eigenvalue weighted by Crippen LogP contribution is 2.33. The van der Waals surface area contributed by atoms with Gasteiger partial charge < -0.3 is 4.74 Å². The first-order valence-electron chi connectivity index (χ1n) is 5.54. The van der Waals surface area contributed by atoms with Crippen LogP contribution in [0.3, 0.4) is 0 Å². The van der Waals surface area contributed by atoms with Crippen LogP contribution >= 0.6 is 11.6 Å². The molecule has 0 aromatic heterocycles. The summed E-state index contributed by atoms with van der Waals surface area (Å²) in [5, 5.41) is -0.266. The molecule has 0 fully saturated rings. The Labute approximate surface area is 119 Å². The molecule has 0 saturated heterocycles. The summed E-state index contributed by atoms with van der Waals surface area (Å²) in [6.07, 6.45) is -4.24. The molecule has 1 aromatic rings. The third kappa shape index (κ3) is 4.62. The zero-order chi connectivity index (χ0) is 15.4. The fraction of sp³-hybridized carbons (Fsp3) is 0.455. The molecule has 0 saturated carbocycles. The number of alkyl halides is 3. The molecule has 114 valence electrons. The SMILES string of the molecule is COCCCNS(=O)(=O)c1cc(C(F)(F)F)ccc1Cl. The molecular weight excluding hydrogens is 319 g/mol. The highest BCUT2D eigenvalue weighted by molar-refractivity contribution is 7.89. The summed E-state index contributed by atoms with van der Waals surface area (Å²) in [5.74, 6) is 0. The summed E-state index contributed by atoms with van der Waals surface area (Å²) < 4.78 is 68.4. The van der Waals surface area contributed by atoms with E-state index in [9.17, 15) is 21.6 Å². The number of sulfonamides is 1. The summed E-state index contributed by atoms with van der Waals surface area (Å²) >= 11 is 5.66. The topological polar surface area (TPSA) is 55.4 Å². The molecule has 0 heterocycles. The lowest BCUT2D eigenvalue weighted by Gasteiger charge is -2.11. The van der Waals surface area contributed by atoms with E-state index in [0.29, 0.717) is 19.1 Å². The van der Waals surface area contributed by atoms with Gasteiger partial charge in [0, 0.05) is 20.3 Å². The first kappa shape index (κ1) is 17.2. The fourth-order valence-electron chi connectivity index (χ4n) is 1.39. The van der Waals surface area contributed by atoms with Gasteiger partial charge in [-0.05, 0) is 24.6 Å². The Bertz CT molecular complexity index is 561. The monoisotopic (exact) mass is 331 g/mol. The number of hydrogen-bond donors (Lipinski definition) is 1. The van der Waals surface area contributed by atoms with Crippen LogP contribution in [-0.2, 0) is 20.9 Å². The maximum absolute atomic E-state index is 12.6. The lowest BCUT2D eigenvalue weighted by atomic mass is 10.2. The molecule has 0 aliphatic carbocycles. The van der Waals surface area contributed by atoms with Gasteiger partial charge in [0.05, 0.1) is 10.6 Å². The van der Waals surface area contributed by atoms with Crippen molar-refractivity contribution in [2.24, 2.45) is 0 Å². The van der Waals surface area contributed by atoms with Crippen molar-refractivity contribution in [3.05, 3.63) is 28.8 Å². The van der Waals surface area contributed by atoms with Crippen molar-refractivity contribution in [1.29, 1.82) is 0 Å². The second-order valence-electron chi connectivity index (χ2n) is 3.89. The van der Waals surface area contributed by atoms with Gasteiger partial charge in [-0.25, -0.2) is 13.1 Å². The maximum Gasteiger partial charge on any atom is 0.416 e. The van der Waals surface area contributed by atoms with E-state index in [1.807, 2.05) is 0 Å². The average Bonchev–Trinajstić information content (AvgIpc) is 2.33. The number of methoxy groups -OCH3 is 1. The number of nitrogens with one attached hydrogen (secondary N) is 1. The Morgan fingerprint density at radius 1 is 1.35 bits per heavy atom. The number of ether oxygens (including phenoxy) is 1. The molecule has 4 nitrogen and oxygen atoms in total. The molecule has 0 atom stereocenters. The van der Waals surface area contributed by atoms with Crippen LogP contribution in [-0.4, -0.2) is 28.7 Å². The Balaban J connectivity index is 2.99. The van der Waals surface area contributed by atoms with E-state index in [2.05, 4.69) is 4.72 Å². The summed E-state index contributed by atoms with van der Waals surface area (Å²) in [6.45, 7) is 0.377. The lowest BCUT2D eigenvalue weighted by molar-refractivity contribution is -0.137. The molecule has 0 bridgehead atoms. The van der Waals surface area contributed by atoms with Gasteiger partial charge in [-0.1, -0.05) is 11.6 Å². The molecule has 0 spiro atoms. The molecule has 0 amide bonds. The summed E-state index contributed by atoms with van der Waals surface area (Å²) in [7, 11) is -2.64. The Morgan fingerprint density at radius 3 is 2.55 bits per heavy atom. The van der Waals surface area contributed by atoms with Gasteiger partial charge in [0.25, 0.3) is 0 Å². The molecular formula is C11H13ClF3NO3S. The van der Waals surface area contributed by atoms with Gasteiger partial charge in [0.1, 0.15) is 4.90 Å². The van der Waals surface area contributed by atoms with Crippen molar-refractivity contribution in [1.82, 2.24) is 4.72 Å². The molecule has 0 aliphatic rings. The van der Waals surface area contributed by atoms with E-state index < -0.39 is 26.7 Å². The molecule has 1 N–H and O–H groups in total. The van der Waals surface area contributed by atoms with E-state index in [1.165, 1.54) is 7.11 Å². The minimum atomic E-state index is -4.63. The fourth-order valence-corrected chi connectivity index (χ4v) is 2.98. The van der Waals surface area contributed by atoms with Crippen molar-refractivity contribution in [3.8, 4) is 0 Å². The summed E-state index contributed by atoms with van der Waals surface area (Å²) in [6, 6.07) is 2.15. The van der Waals surface area contributed by atoms with Gasteiger partial charge in [-0.15, -0.1) is 0 Å². The second-order valence-corrected chi connectivity index (χ2v) is 6.03. The molecule has 20 heavy (non-hydrogen) atoms. The first-order valence-corrected chi connectivity index (χ1v) is 7.40. The van der Waals surface area contributed by atoms with Crippen LogP contribution in [0.5, 0.6) is 0 Å². The van der Waals surface area contributed by atoms with Crippen molar-refractivity contribution in [2.75, 3.05) is 20.3 Å². The standard InChI is InChI=1S/C11H13ClF3NO3S/c1-19-6-2-5-16-20(17,18)10-7-8(11(13,14)15)3-4-9(10)12/h3-4,7,16H,2,5-6H2,1H3. The third-order valence-electron chi connectivity index (χ3n) is 2.37. The number of benzene rings is 1. The van der Waals surface area contributed by atoms with Crippen molar-refractivity contribution in [2.45, 2.75) is 17.5 Å². The molecule has 0 radical (unpaired) electrons. The molecule has 0 aliphatic heterocycles. The van der Waals surface area contributed by atoms with E-state index >= 15 is 0 Å². The van der Waals surface area contributed by atoms with Crippen molar-refractivity contribution >= 4 is 21.6 Å². The van der Waals surface area contributed by atoms with Crippen LogP contribution in [0.4, 0.5) is 13.2 Å². The minimum absolute atomic E-state index is 0.0444. The summed E-state index contributed by atoms with van der Waals surface area (Å²) in [5.41, 5.74) is -1.07. The summed E-state index contributed by atoms with van der Waals surface area (Å²) in [4.78, 5) is -0.591. The predicted octanol–water partition coefficient (Wildman–Crippen LogP) is 2.67. The Kier molecular flexibility index (Phi) is 5.81. The first-order chi connectivity index (χ1) is 9.18. The van der Waals surface area contributed by atoms with Crippen LogP contribution in [0.15, 0.2) is 23.1 Å². The molecule has 1 aromatic carbocycles. The van der Waals surface area contributed by atoms with E-state index in [0.717, 1.165) is 12.1 Å². The quantitative estimate of drug-likeness (QED) is 0.815. The number of hydrogen-bond acceptors (Lipinski definition) is 3. The van der Waals surface area contributed by atoms with Crippen LogP contribution in [0.1, 0.15) is 12.0 Å². The van der Waals surface area contributed by atoms with Crippen LogP contribution in [0.2, 0.25) is 5.02 Å². The predicted molar refractivity (Wildman–Crippen MR) is 68.1 cm³/mol. The van der Waals surface area contributed by atoms with E-state index in [-0.39, 0.29) is 11.6 Å². The zero-order valence-corrected chi connectivity index (χ0v) is 12.1. The van der Waals surface area contributed by atoms with Gasteiger partial charge in [-0.3, -0.25) is 0 Å². The van der Waals surface area contributed by atoms with Crippen molar-refractivity contribution < 1.29 is 26.3 Å². The lowest BCUT2D eigenvalue weighted by Crippen LogP contribution is -2.26. The van der Waals surface area contributed by atoms with Crippen LogP contribution < -0.4 is 4.72 Å². The Morgan fingerprint density at radius 2 is 2.00 bits per heavy atom. The zero-order valence-electron chi connectivity index (χ0n) is 10.5. The van der Waals surface area contributed by atoms with Gasteiger partial charge in [0.2, 0.25) is 10.0 Å². The smallest absolute Gasteiger partial charge is 0.385 e. The van der Waals surface area contributed by atoms with Crippen LogP contribution in [0.25, 0.3) is 0 Å².